The summed E-state index contributed by atoms with van der Waals surface area (Å²) in [4.78, 5) is 56.9. The summed E-state index contributed by atoms with van der Waals surface area (Å²) >= 11 is 7.42. The number of benzene rings is 3. The van der Waals surface area contributed by atoms with Crippen LogP contribution in [0, 0.1) is 0 Å². The molecule has 7 N–H and O–H groups in total. The normalized spacial score (nSPS) is 14.0. The molecule has 17 heteroatoms. The molecule has 3 aromatic carbocycles. The van der Waals surface area contributed by atoms with Gasteiger partial charge in [-0.3, -0.25) is 14.5 Å². The highest BCUT2D eigenvalue weighted by Gasteiger charge is 2.18. The number of carbonyl (C=O) groups is 5. The zero-order chi connectivity index (χ0) is 38.6. The number of nitrogens with zero attached hydrogens (tertiary/aromatic N) is 2. The molecule has 0 aromatic heterocycles. The van der Waals surface area contributed by atoms with Gasteiger partial charge in [-0.25, -0.2) is 14.4 Å². The van der Waals surface area contributed by atoms with E-state index in [-0.39, 0.29) is 0 Å². The number of aromatic carboxylic acids is 1. The lowest BCUT2D eigenvalue weighted by Crippen LogP contribution is -2.46. The number of aliphatic carboxylic acids is 4. The minimum Gasteiger partial charge on any atom is -0.494 e. The predicted molar refractivity (Wildman–Crippen MR) is 189 cm³/mol. The summed E-state index contributed by atoms with van der Waals surface area (Å²) in [6, 6.07) is 23.0. The minimum atomic E-state index is -1.79. The van der Waals surface area contributed by atoms with Crippen molar-refractivity contribution in [2.24, 2.45) is 0 Å². The fourth-order valence-corrected chi connectivity index (χ4v) is 5.60. The van der Waals surface area contributed by atoms with Crippen molar-refractivity contribution in [3.05, 3.63) is 88.9 Å². The largest absolute Gasteiger partial charge is 0.494 e. The first kappa shape index (κ1) is 43.5. The quantitative estimate of drug-likeness (QED) is 0.103. The summed E-state index contributed by atoms with van der Waals surface area (Å²) in [5, 5.41) is 58.5. The summed E-state index contributed by atoms with van der Waals surface area (Å²) in [5.41, 5.74) is 1.62. The van der Waals surface area contributed by atoms with Crippen molar-refractivity contribution in [2.75, 3.05) is 39.3 Å². The maximum absolute atomic E-state index is 11.4. The molecule has 52 heavy (non-hydrogen) atoms. The number of aliphatic hydroxyl groups excluding tert-OH is 2. The Labute approximate surface area is 308 Å². The number of piperazine rings is 1. The molecule has 0 radical (unpaired) electrons. The summed E-state index contributed by atoms with van der Waals surface area (Å²) in [5.74, 6) is -5.79. The topological polar surface area (TPSA) is 243 Å². The van der Waals surface area contributed by atoms with Crippen LogP contribution in [-0.4, -0.2) is 127 Å². The summed E-state index contributed by atoms with van der Waals surface area (Å²) in [6.07, 6.45) is -4.12. The molecule has 2 atom stereocenters. The van der Waals surface area contributed by atoms with E-state index in [9.17, 15) is 29.1 Å². The lowest BCUT2D eigenvalue weighted by atomic mass is 10.2. The molecule has 15 nitrogen and oxygen atoms in total. The number of rotatable bonds is 16. The van der Waals surface area contributed by atoms with Gasteiger partial charge in [-0.05, 0) is 54.4 Å². The average molecular weight is 765 g/mol. The van der Waals surface area contributed by atoms with Crippen molar-refractivity contribution in [3.8, 4) is 5.75 Å². The number of hydrogen-bond acceptors (Lipinski definition) is 11. The summed E-state index contributed by atoms with van der Waals surface area (Å²) < 4.78 is 5.99. The number of carboxylic acid groups (broad SMARTS) is 5. The van der Waals surface area contributed by atoms with Crippen LogP contribution in [0.2, 0.25) is 5.02 Å². The third-order valence-corrected chi connectivity index (χ3v) is 8.45. The molecule has 1 fully saturated rings. The van der Waals surface area contributed by atoms with Crippen LogP contribution in [0.4, 0.5) is 0 Å². The lowest BCUT2D eigenvalue weighted by molar-refractivity contribution is -0.153. The maximum Gasteiger partial charge on any atom is 0.336 e. The van der Waals surface area contributed by atoms with Gasteiger partial charge in [0.2, 0.25) is 0 Å². The molecular formula is C35H41ClN2O13S. The van der Waals surface area contributed by atoms with Crippen molar-refractivity contribution in [1.29, 1.82) is 0 Å². The second kappa shape index (κ2) is 23.0. The van der Waals surface area contributed by atoms with E-state index in [0.717, 1.165) is 66.3 Å². The van der Waals surface area contributed by atoms with Crippen LogP contribution in [0.3, 0.4) is 0 Å². The molecule has 1 aliphatic heterocycles. The van der Waals surface area contributed by atoms with Gasteiger partial charge >= 0.3 is 29.8 Å². The molecule has 1 heterocycles. The molecule has 2 unspecified atom stereocenters. The van der Waals surface area contributed by atoms with Gasteiger partial charge in [0.25, 0.3) is 0 Å². The fourth-order valence-electron chi connectivity index (χ4n) is 4.49. The van der Waals surface area contributed by atoms with Gasteiger partial charge in [0.05, 0.1) is 25.0 Å². The van der Waals surface area contributed by atoms with Crippen LogP contribution >= 0.6 is 23.4 Å². The average Bonchev–Trinajstić information content (AvgIpc) is 3.09. The Bertz CT molecular complexity index is 1590. The van der Waals surface area contributed by atoms with Gasteiger partial charge in [-0.1, -0.05) is 53.7 Å². The third kappa shape index (κ3) is 17.5. The predicted octanol–water partition coefficient (Wildman–Crippen LogP) is 3.59. The van der Waals surface area contributed by atoms with Gasteiger partial charge in [0, 0.05) is 54.1 Å². The van der Waals surface area contributed by atoms with Crippen LogP contribution in [0.25, 0.3) is 0 Å². The Morgan fingerprint density at radius 2 is 1.29 bits per heavy atom. The molecule has 0 aliphatic carbocycles. The Morgan fingerprint density at radius 1 is 0.731 bits per heavy atom. The SMILES string of the molecule is O=C(O)CC(O)C(=O)O.O=C(O)CC(O)C(=O)O.O=C(O)c1ccccc1Sc1cccc(OCCCN2CCN(Cc3ccc(Cl)cc3)CC2)c1. The first-order chi connectivity index (χ1) is 24.6. The standard InChI is InChI=1S/C27H29ClN2O3S.2C4H6O5/c28-22-11-9-21(10-12-22)20-30-16-14-29(15-17-30)13-4-18-33-23-5-3-6-24(19-23)34-26-8-2-1-7-25(26)27(31)32;2*5-2(4(8)9)1-3(6)7/h1-3,5-12,19H,4,13-18,20H2,(H,31,32);2*2,5H,1H2,(H,6,7)(H,8,9). The minimum absolute atomic E-state index is 0.312. The van der Waals surface area contributed by atoms with Crippen molar-refractivity contribution in [2.45, 2.75) is 47.8 Å². The Hall–Kier alpha value is -4.71. The van der Waals surface area contributed by atoms with Crippen LogP contribution in [-0.2, 0) is 25.7 Å². The molecular weight excluding hydrogens is 724 g/mol. The van der Waals surface area contributed by atoms with E-state index in [2.05, 4.69) is 21.9 Å². The van der Waals surface area contributed by atoms with E-state index in [4.69, 9.17) is 47.0 Å². The van der Waals surface area contributed by atoms with E-state index in [0.29, 0.717) is 12.2 Å². The number of ether oxygens (including phenoxy) is 1. The van der Waals surface area contributed by atoms with Gasteiger partial charge in [0.15, 0.2) is 12.2 Å². The number of halogens is 1. The third-order valence-electron chi connectivity index (χ3n) is 7.13. The molecule has 282 valence electrons. The van der Waals surface area contributed by atoms with E-state index in [1.54, 1.807) is 12.1 Å². The molecule has 4 rings (SSSR count). The molecule has 3 aromatic rings. The van der Waals surface area contributed by atoms with Gasteiger partial charge in [-0.2, -0.15) is 0 Å². The van der Waals surface area contributed by atoms with E-state index in [1.807, 2.05) is 48.5 Å². The van der Waals surface area contributed by atoms with Crippen LogP contribution in [0.1, 0.15) is 35.2 Å². The second-order valence-corrected chi connectivity index (χ2v) is 12.8. The van der Waals surface area contributed by atoms with Crippen molar-refractivity contribution in [1.82, 2.24) is 9.80 Å². The zero-order valence-electron chi connectivity index (χ0n) is 27.9. The van der Waals surface area contributed by atoms with Gasteiger partial charge < -0.3 is 45.4 Å². The van der Waals surface area contributed by atoms with E-state index < -0.39 is 54.9 Å². The number of aliphatic hydroxyl groups is 2. The van der Waals surface area contributed by atoms with Crippen molar-refractivity contribution < 1.29 is 64.5 Å². The first-order valence-electron chi connectivity index (χ1n) is 15.8. The number of carboxylic acids is 5. The van der Waals surface area contributed by atoms with Gasteiger partial charge in [0.1, 0.15) is 5.75 Å². The Balaban J connectivity index is 0.000000429. The lowest BCUT2D eigenvalue weighted by Gasteiger charge is -2.34. The molecule has 0 spiro atoms. The monoisotopic (exact) mass is 764 g/mol. The molecule has 0 amide bonds. The van der Waals surface area contributed by atoms with Crippen molar-refractivity contribution >= 4 is 53.2 Å². The van der Waals surface area contributed by atoms with E-state index >= 15 is 0 Å². The molecule has 1 saturated heterocycles. The molecule has 0 saturated carbocycles. The van der Waals surface area contributed by atoms with Crippen LogP contribution in [0.5, 0.6) is 5.75 Å². The highest BCUT2D eigenvalue weighted by atomic mass is 35.5. The highest BCUT2D eigenvalue weighted by Crippen LogP contribution is 2.32. The van der Waals surface area contributed by atoms with Gasteiger partial charge in [-0.15, -0.1) is 0 Å². The summed E-state index contributed by atoms with van der Waals surface area (Å²) in [6.45, 7) is 6.94. The fraction of sp³-hybridized carbons (Fsp3) is 0.343. The zero-order valence-corrected chi connectivity index (χ0v) is 29.5. The maximum atomic E-state index is 11.4. The second-order valence-electron chi connectivity index (χ2n) is 11.2. The Kier molecular flexibility index (Phi) is 19.2. The molecule has 0 bridgehead atoms. The highest BCUT2D eigenvalue weighted by molar-refractivity contribution is 7.99. The first-order valence-corrected chi connectivity index (χ1v) is 17.0. The Morgan fingerprint density at radius 3 is 1.81 bits per heavy atom. The smallest absolute Gasteiger partial charge is 0.336 e. The summed E-state index contributed by atoms with van der Waals surface area (Å²) in [7, 11) is 0. The number of hydrogen-bond donors (Lipinski definition) is 7. The van der Waals surface area contributed by atoms with Crippen molar-refractivity contribution in [3.63, 3.8) is 0 Å². The van der Waals surface area contributed by atoms with E-state index in [1.165, 1.54) is 17.3 Å². The van der Waals surface area contributed by atoms with Crippen LogP contribution in [0.15, 0.2) is 82.6 Å². The van der Waals surface area contributed by atoms with Crippen LogP contribution < -0.4 is 4.74 Å². The molecule has 1 aliphatic rings.